The minimum atomic E-state index is -0.519. The third kappa shape index (κ3) is 4.24. The van der Waals surface area contributed by atoms with Crippen molar-refractivity contribution in [2.45, 2.75) is 32.7 Å². The molecule has 0 unspecified atom stereocenters. The normalized spacial score (nSPS) is 12.8. The molecular weight excluding hydrogens is 316 g/mol. The molecule has 0 aromatic heterocycles. The number of nitrogens with one attached hydrogen (secondary N) is 2. The molecule has 3 rings (SSSR count). The monoisotopic (exact) mass is 340 g/mol. The summed E-state index contributed by atoms with van der Waals surface area (Å²) in [6, 6.07) is 13.9. The maximum Gasteiger partial charge on any atom is 0.315 e. The molecule has 5 nitrogen and oxygen atoms in total. The van der Waals surface area contributed by atoms with Crippen LogP contribution in [-0.4, -0.2) is 19.4 Å². The Morgan fingerprint density at radius 1 is 1.08 bits per heavy atom. The molecule has 25 heavy (non-hydrogen) atoms. The zero-order valence-electron chi connectivity index (χ0n) is 14.9. The van der Waals surface area contributed by atoms with Crippen molar-refractivity contribution >= 4 is 6.03 Å². The van der Waals surface area contributed by atoms with Gasteiger partial charge in [-0.15, -0.1) is 0 Å². The first kappa shape index (κ1) is 17.1. The second-order valence-corrected chi connectivity index (χ2v) is 6.81. The maximum absolute atomic E-state index is 12.2. The molecule has 0 fully saturated rings. The number of fused-ring (bicyclic) bond motifs is 1. The second-order valence-electron chi connectivity index (χ2n) is 6.81. The van der Waals surface area contributed by atoms with E-state index in [1.807, 2.05) is 32.0 Å². The van der Waals surface area contributed by atoms with Crippen LogP contribution in [0.2, 0.25) is 0 Å². The molecule has 5 heteroatoms. The van der Waals surface area contributed by atoms with E-state index in [9.17, 15) is 4.79 Å². The first-order valence-corrected chi connectivity index (χ1v) is 8.46. The molecule has 0 bridgehead atoms. The summed E-state index contributed by atoms with van der Waals surface area (Å²) in [5.74, 6) is 1.45. The Kier molecular flexibility index (Phi) is 4.83. The zero-order valence-corrected chi connectivity index (χ0v) is 14.9. The van der Waals surface area contributed by atoms with Crippen molar-refractivity contribution in [2.24, 2.45) is 0 Å². The predicted molar refractivity (Wildman–Crippen MR) is 97.0 cm³/mol. The highest BCUT2D eigenvalue weighted by molar-refractivity contribution is 5.75. The van der Waals surface area contributed by atoms with Crippen LogP contribution in [0.25, 0.3) is 0 Å². The summed E-state index contributed by atoms with van der Waals surface area (Å²) in [4.78, 5) is 12.2. The van der Waals surface area contributed by atoms with Crippen LogP contribution in [0.3, 0.4) is 0 Å². The second kappa shape index (κ2) is 7.05. The van der Waals surface area contributed by atoms with Crippen LogP contribution in [0, 0.1) is 6.92 Å². The fourth-order valence-electron chi connectivity index (χ4n) is 2.76. The topological polar surface area (TPSA) is 59.6 Å². The molecule has 0 spiro atoms. The standard InChI is InChI=1S/C20H24N2O3/c1-14-4-6-15(7-5-14)10-11-21-19(23)22-20(2,3)16-8-9-17-18(12-16)25-13-24-17/h4-9,12H,10-11,13H2,1-3H3,(H2,21,22,23). The smallest absolute Gasteiger partial charge is 0.315 e. The van der Waals surface area contributed by atoms with E-state index in [0.29, 0.717) is 12.3 Å². The summed E-state index contributed by atoms with van der Waals surface area (Å²) in [7, 11) is 0. The Balaban J connectivity index is 1.53. The third-order valence-corrected chi connectivity index (χ3v) is 4.34. The van der Waals surface area contributed by atoms with Crippen molar-refractivity contribution in [3.8, 4) is 11.5 Å². The number of urea groups is 1. The van der Waals surface area contributed by atoms with Crippen molar-refractivity contribution in [1.82, 2.24) is 10.6 Å². The van der Waals surface area contributed by atoms with Gasteiger partial charge in [0.15, 0.2) is 11.5 Å². The average molecular weight is 340 g/mol. The van der Waals surface area contributed by atoms with Crippen LogP contribution >= 0.6 is 0 Å². The fraction of sp³-hybridized carbons (Fsp3) is 0.350. The molecule has 1 aliphatic heterocycles. The van der Waals surface area contributed by atoms with E-state index in [1.165, 1.54) is 11.1 Å². The van der Waals surface area contributed by atoms with E-state index in [-0.39, 0.29) is 12.8 Å². The van der Waals surface area contributed by atoms with E-state index in [4.69, 9.17) is 9.47 Å². The Hall–Kier alpha value is -2.69. The lowest BCUT2D eigenvalue weighted by molar-refractivity contribution is 0.174. The van der Waals surface area contributed by atoms with Crippen LogP contribution < -0.4 is 20.1 Å². The highest BCUT2D eigenvalue weighted by atomic mass is 16.7. The lowest BCUT2D eigenvalue weighted by Crippen LogP contribution is -2.46. The molecule has 0 atom stereocenters. The van der Waals surface area contributed by atoms with E-state index in [2.05, 4.69) is 41.8 Å². The Morgan fingerprint density at radius 3 is 2.56 bits per heavy atom. The minimum Gasteiger partial charge on any atom is -0.454 e. The molecule has 0 radical (unpaired) electrons. The Bertz CT molecular complexity index is 754. The number of carbonyl (C=O) groups is 1. The molecule has 2 N–H and O–H groups in total. The van der Waals surface area contributed by atoms with E-state index >= 15 is 0 Å². The highest BCUT2D eigenvalue weighted by Gasteiger charge is 2.25. The first-order valence-electron chi connectivity index (χ1n) is 8.46. The highest BCUT2D eigenvalue weighted by Crippen LogP contribution is 2.35. The quantitative estimate of drug-likeness (QED) is 0.876. The number of ether oxygens (including phenoxy) is 2. The van der Waals surface area contributed by atoms with Crippen LogP contribution in [0.4, 0.5) is 4.79 Å². The minimum absolute atomic E-state index is 0.185. The molecular formula is C20H24N2O3. The van der Waals surface area contributed by atoms with Crippen molar-refractivity contribution in [3.05, 3.63) is 59.2 Å². The molecule has 132 valence electrons. The van der Waals surface area contributed by atoms with Crippen LogP contribution in [0.5, 0.6) is 11.5 Å². The lowest BCUT2D eigenvalue weighted by atomic mass is 9.94. The van der Waals surface area contributed by atoms with Gasteiger partial charge in [0.05, 0.1) is 5.54 Å². The molecule has 0 saturated heterocycles. The van der Waals surface area contributed by atoms with E-state index in [0.717, 1.165) is 17.7 Å². The lowest BCUT2D eigenvalue weighted by Gasteiger charge is -2.27. The van der Waals surface area contributed by atoms with Gasteiger partial charge in [-0.3, -0.25) is 0 Å². The van der Waals surface area contributed by atoms with E-state index < -0.39 is 5.54 Å². The van der Waals surface area contributed by atoms with Gasteiger partial charge >= 0.3 is 6.03 Å². The molecule has 2 aromatic carbocycles. The van der Waals surface area contributed by atoms with Gasteiger partial charge in [-0.2, -0.15) is 0 Å². The van der Waals surface area contributed by atoms with Gasteiger partial charge in [-0.25, -0.2) is 4.79 Å². The molecule has 0 aliphatic carbocycles. The summed E-state index contributed by atoms with van der Waals surface area (Å²) < 4.78 is 10.7. The number of hydrogen-bond donors (Lipinski definition) is 2. The van der Waals surface area contributed by atoms with Crippen molar-refractivity contribution in [1.29, 1.82) is 0 Å². The van der Waals surface area contributed by atoms with Gasteiger partial charge in [0.1, 0.15) is 0 Å². The van der Waals surface area contributed by atoms with Crippen molar-refractivity contribution in [3.63, 3.8) is 0 Å². The molecule has 0 saturated carbocycles. The first-order chi connectivity index (χ1) is 11.9. The fourth-order valence-corrected chi connectivity index (χ4v) is 2.76. The number of hydrogen-bond acceptors (Lipinski definition) is 3. The Morgan fingerprint density at radius 2 is 1.80 bits per heavy atom. The predicted octanol–water partition coefficient (Wildman–Crippen LogP) is 3.50. The van der Waals surface area contributed by atoms with Gasteiger partial charge < -0.3 is 20.1 Å². The largest absolute Gasteiger partial charge is 0.454 e. The van der Waals surface area contributed by atoms with Crippen LogP contribution in [-0.2, 0) is 12.0 Å². The number of amides is 2. The summed E-state index contributed by atoms with van der Waals surface area (Å²) in [6.07, 6.45) is 0.804. The van der Waals surface area contributed by atoms with Crippen LogP contribution in [0.15, 0.2) is 42.5 Å². The summed E-state index contributed by atoms with van der Waals surface area (Å²) in [6.45, 7) is 6.82. The van der Waals surface area contributed by atoms with E-state index in [1.54, 1.807) is 0 Å². The van der Waals surface area contributed by atoms with Gasteiger partial charge in [0.2, 0.25) is 6.79 Å². The maximum atomic E-state index is 12.2. The van der Waals surface area contributed by atoms with Crippen LogP contribution in [0.1, 0.15) is 30.5 Å². The van der Waals surface area contributed by atoms with Crippen molar-refractivity contribution < 1.29 is 14.3 Å². The number of benzene rings is 2. The third-order valence-electron chi connectivity index (χ3n) is 4.34. The van der Waals surface area contributed by atoms with Gasteiger partial charge in [0, 0.05) is 6.54 Å². The molecule has 1 aliphatic rings. The molecule has 2 amide bonds. The number of rotatable bonds is 5. The van der Waals surface area contributed by atoms with Gasteiger partial charge in [0.25, 0.3) is 0 Å². The SMILES string of the molecule is Cc1ccc(CCNC(=O)NC(C)(C)c2ccc3c(c2)OCO3)cc1. The Labute approximate surface area is 148 Å². The van der Waals surface area contributed by atoms with Gasteiger partial charge in [-0.1, -0.05) is 35.9 Å². The van der Waals surface area contributed by atoms with Crippen molar-refractivity contribution in [2.75, 3.05) is 13.3 Å². The molecule has 2 aromatic rings. The average Bonchev–Trinajstić information content (AvgIpc) is 3.04. The molecule has 1 heterocycles. The summed E-state index contributed by atoms with van der Waals surface area (Å²) >= 11 is 0. The summed E-state index contributed by atoms with van der Waals surface area (Å²) in [5.41, 5.74) is 2.89. The number of carbonyl (C=O) groups excluding carboxylic acids is 1. The number of aryl methyl sites for hydroxylation is 1. The zero-order chi connectivity index (χ0) is 17.9. The summed E-state index contributed by atoms with van der Waals surface area (Å²) in [5, 5.41) is 5.93. The van der Waals surface area contributed by atoms with Gasteiger partial charge in [-0.05, 0) is 50.5 Å².